The fourth-order valence-electron chi connectivity index (χ4n) is 5.15. The summed E-state index contributed by atoms with van der Waals surface area (Å²) in [5.74, 6) is -0.694. The first-order chi connectivity index (χ1) is 16.9. The summed E-state index contributed by atoms with van der Waals surface area (Å²) in [5, 5.41) is 3.05. The maximum absolute atomic E-state index is 13.5. The molecular formula is C24H32N8O3. The van der Waals surface area contributed by atoms with Crippen LogP contribution in [0.5, 0.6) is 0 Å². The number of likely N-dealkylation sites (tertiary alicyclic amines) is 1. The highest BCUT2D eigenvalue weighted by Crippen LogP contribution is 2.33. The average molecular weight is 481 g/mol. The van der Waals surface area contributed by atoms with E-state index >= 15 is 0 Å². The maximum atomic E-state index is 13.5. The van der Waals surface area contributed by atoms with E-state index < -0.39 is 29.8 Å². The van der Waals surface area contributed by atoms with Gasteiger partial charge in [-0.05, 0) is 49.3 Å². The number of carbonyl (C=O) groups is 3. The maximum Gasteiger partial charge on any atom is 0.325 e. The van der Waals surface area contributed by atoms with E-state index in [1.165, 1.54) is 31.0 Å². The lowest BCUT2D eigenvalue weighted by Crippen LogP contribution is -2.71. The van der Waals surface area contributed by atoms with E-state index in [9.17, 15) is 14.4 Å². The third-order valence-corrected chi connectivity index (χ3v) is 7.06. The molecule has 0 unspecified atom stereocenters. The fourth-order valence-corrected chi connectivity index (χ4v) is 5.15. The van der Waals surface area contributed by atoms with Crippen molar-refractivity contribution in [2.45, 2.75) is 64.0 Å². The van der Waals surface area contributed by atoms with Gasteiger partial charge in [-0.1, -0.05) is 26.2 Å². The Morgan fingerprint density at radius 1 is 1.20 bits per heavy atom. The standard InChI is InChI=1S/C24H32N8O3/c1-3-18(16-7-5-4-6-8-16)30-24(35)32-20(22(34)31(2)23-28-13-26-14-29-23)17(21(32)33)11-15-9-10-27-19(25)12-15/h9-10,12-14,16-18,20H,3-8,11H2,1-2H3,(H2,25,27)(H,30,35)/t17-,18-,20+/m1/s1. The van der Waals surface area contributed by atoms with Gasteiger partial charge >= 0.3 is 6.03 Å². The molecule has 1 saturated carbocycles. The number of hydrogen-bond donors (Lipinski definition) is 2. The zero-order valence-electron chi connectivity index (χ0n) is 20.1. The number of nitrogens with two attached hydrogens (primary N) is 1. The second-order valence-electron chi connectivity index (χ2n) is 9.25. The second-order valence-corrected chi connectivity index (χ2v) is 9.25. The van der Waals surface area contributed by atoms with Crippen LogP contribution < -0.4 is 16.0 Å². The molecule has 0 aromatic carbocycles. The van der Waals surface area contributed by atoms with Gasteiger partial charge in [0, 0.05) is 19.3 Å². The fraction of sp³-hybridized carbons (Fsp3) is 0.542. The number of nitrogen functional groups attached to an aromatic ring is 1. The molecule has 2 fully saturated rings. The number of urea groups is 1. The summed E-state index contributed by atoms with van der Waals surface area (Å²) < 4.78 is 0. The number of carbonyl (C=O) groups excluding carboxylic acids is 3. The first-order valence-corrected chi connectivity index (χ1v) is 12.1. The van der Waals surface area contributed by atoms with Crippen molar-refractivity contribution in [2.24, 2.45) is 11.8 Å². The number of amides is 4. The van der Waals surface area contributed by atoms with Gasteiger partial charge in [0.1, 0.15) is 24.5 Å². The molecule has 4 rings (SSSR count). The molecule has 3 atom stereocenters. The van der Waals surface area contributed by atoms with Crippen LogP contribution in [0.3, 0.4) is 0 Å². The van der Waals surface area contributed by atoms with E-state index in [2.05, 4.69) is 25.3 Å². The molecule has 1 saturated heterocycles. The Kier molecular flexibility index (Phi) is 7.52. The van der Waals surface area contributed by atoms with E-state index in [1.54, 1.807) is 18.3 Å². The summed E-state index contributed by atoms with van der Waals surface area (Å²) in [5.41, 5.74) is 6.56. The Balaban J connectivity index is 1.56. The molecule has 35 heavy (non-hydrogen) atoms. The molecule has 11 heteroatoms. The minimum Gasteiger partial charge on any atom is -0.384 e. The van der Waals surface area contributed by atoms with Crippen LogP contribution in [0.15, 0.2) is 31.0 Å². The van der Waals surface area contributed by atoms with Gasteiger partial charge in [-0.25, -0.2) is 24.7 Å². The predicted octanol–water partition coefficient (Wildman–Crippen LogP) is 1.95. The molecule has 0 bridgehead atoms. The lowest BCUT2D eigenvalue weighted by molar-refractivity contribution is -0.156. The molecule has 3 N–H and O–H groups in total. The molecule has 2 aliphatic rings. The molecule has 1 aliphatic heterocycles. The Bertz CT molecular complexity index is 1060. The Hall–Kier alpha value is -3.63. The molecule has 2 aromatic rings. The van der Waals surface area contributed by atoms with Gasteiger partial charge in [0.15, 0.2) is 0 Å². The first-order valence-electron chi connectivity index (χ1n) is 12.1. The summed E-state index contributed by atoms with van der Waals surface area (Å²) in [6, 6.07) is 1.87. The normalized spacial score (nSPS) is 21.2. The van der Waals surface area contributed by atoms with Gasteiger partial charge in [0.05, 0.1) is 5.92 Å². The van der Waals surface area contributed by atoms with Crippen molar-refractivity contribution in [3.05, 3.63) is 36.5 Å². The van der Waals surface area contributed by atoms with Crippen LogP contribution >= 0.6 is 0 Å². The highest BCUT2D eigenvalue weighted by atomic mass is 16.2. The molecule has 3 heterocycles. The summed E-state index contributed by atoms with van der Waals surface area (Å²) in [6.45, 7) is 2.03. The number of imide groups is 1. The van der Waals surface area contributed by atoms with Gasteiger partial charge < -0.3 is 11.1 Å². The van der Waals surface area contributed by atoms with Crippen molar-refractivity contribution >= 4 is 29.6 Å². The molecule has 2 aromatic heterocycles. The predicted molar refractivity (Wildman–Crippen MR) is 129 cm³/mol. The highest BCUT2D eigenvalue weighted by Gasteiger charge is 2.55. The number of nitrogens with zero attached hydrogens (tertiary/aromatic N) is 6. The number of anilines is 2. The zero-order chi connectivity index (χ0) is 24.9. The van der Waals surface area contributed by atoms with E-state index in [4.69, 9.17) is 5.73 Å². The van der Waals surface area contributed by atoms with Gasteiger partial charge in [-0.15, -0.1) is 0 Å². The van der Waals surface area contributed by atoms with Crippen molar-refractivity contribution in [3.8, 4) is 0 Å². The van der Waals surface area contributed by atoms with Crippen LogP contribution in [0.1, 0.15) is 51.0 Å². The van der Waals surface area contributed by atoms with E-state index in [-0.39, 0.29) is 18.4 Å². The van der Waals surface area contributed by atoms with Crippen molar-refractivity contribution in [1.82, 2.24) is 30.2 Å². The van der Waals surface area contributed by atoms with Gasteiger partial charge in [0.25, 0.3) is 5.91 Å². The summed E-state index contributed by atoms with van der Waals surface area (Å²) in [6.07, 6.45) is 10.8. The van der Waals surface area contributed by atoms with Gasteiger partial charge in [-0.3, -0.25) is 19.4 Å². The van der Waals surface area contributed by atoms with Crippen LogP contribution in [-0.2, 0) is 16.0 Å². The number of nitrogens with one attached hydrogen (secondary N) is 1. The number of hydrogen-bond acceptors (Lipinski definition) is 8. The SMILES string of the molecule is CC[C@@H](NC(=O)N1C(=O)[C@H](Cc2ccnc(N)c2)[C@H]1C(=O)N(C)c1ncncn1)C1CCCCC1. The monoisotopic (exact) mass is 480 g/mol. The lowest BCUT2D eigenvalue weighted by Gasteiger charge is -2.46. The van der Waals surface area contributed by atoms with E-state index in [1.807, 2.05) is 6.92 Å². The average Bonchev–Trinajstić information content (AvgIpc) is 2.89. The summed E-state index contributed by atoms with van der Waals surface area (Å²) >= 11 is 0. The van der Waals surface area contributed by atoms with Crippen molar-refractivity contribution < 1.29 is 14.4 Å². The molecular weight excluding hydrogens is 448 g/mol. The van der Waals surface area contributed by atoms with Crippen LogP contribution in [0.4, 0.5) is 16.6 Å². The number of likely N-dealkylation sites (N-methyl/N-ethyl adjacent to an activating group) is 1. The number of aromatic nitrogens is 4. The minimum absolute atomic E-state index is 0.0355. The van der Waals surface area contributed by atoms with Crippen LogP contribution in [-0.4, -0.2) is 61.8 Å². The second kappa shape index (κ2) is 10.7. The van der Waals surface area contributed by atoms with Gasteiger partial charge in [0.2, 0.25) is 11.9 Å². The molecule has 4 amide bonds. The van der Waals surface area contributed by atoms with Crippen LogP contribution in [0.25, 0.3) is 0 Å². The zero-order valence-corrected chi connectivity index (χ0v) is 20.1. The smallest absolute Gasteiger partial charge is 0.325 e. The minimum atomic E-state index is -0.984. The van der Waals surface area contributed by atoms with E-state index in [0.717, 1.165) is 42.6 Å². The van der Waals surface area contributed by atoms with Gasteiger partial charge in [-0.2, -0.15) is 0 Å². The number of pyridine rings is 1. The first kappa shape index (κ1) is 24.5. The van der Waals surface area contributed by atoms with Crippen molar-refractivity contribution in [3.63, 3.8) is 0 Å². The Morgan fingerprint density at radius 3 is 2.57 bits per heavy atom. The highest BCUT2D eigenvalue weighted by molar-refractivity contribution is 6.12. The summed E-state index contributed by atoms with van der Waals surface area (Å²) in [4.78, 5) is 58.2. The third-order valence-electron chi connectivity index (χ3n) is 7.06. The molecule has 0 spiro atoms. The number of rotatable bonds is 7. The quantitative estimate of drug-likeness (QED) is 0.572. The molecule has 11 nitrogen and oxygen atoms in total. The Labute approximate surface area is 204 Å². The van der Waals surface area contributed by atoms with E-state index in [0.29, 0.717) is 11.7 Å². The number of β-lactam (4-membered cyclic amide) rings is 1. The molecule has 186 valence electrons. The lowest BCUT2D eigenvalue weighted by atomic mass is 9.81. The van der Waals surface area contributed by atoms with Crippen molar-refractivity contribution in [2.75, 3.05) is 17.7 Å². The molecule has 0 radical (unpaired) electrons. The third kappa shape index (κ3) is 5.23. The Morgan fingerprint density at radius 2 is 1.91 bits per heavy atom. The largest absolute Gasteiger partial charge is 0.384 e. The van der Waals surface area contributed by atoms with Crippen LogP contribution in [0, 0.1) is 11.8 Å². The summed E-state index contributed by atoms with van der Waals surface area (Å²) in [7, 11) is 1.52. The molecule has 1 aliphatic carbocycles. The van der Waals surface area contributed by atoms with Crippen LogP contribution in [0.2, 0.25) is 0 Å². The topological polar surface area (TPSA) is 147 Å². The van der Waals surface area contributed by atoms with Crippen molar-refractivity contribution in [1.29, 1.82) is 0 Å².